The molecule has 0 aromatic carbocycles. The standard InChI is InChI=1S/C23H31N5O4S/c29-22(30)16-27-10-8-24-9-11-28(17-23(31)32)15-21-13-19(12-20(14-27)26-21)6-4-2-1-3-5-7-25-18-33/h12-13,24H,1-3,5,7-11,14-17H2,(H,29,30)(H,31,32)/p-2. The SMILES string of the molecule is O=C([O-])CN1CCNCCN(CC(=O)[O-])Cc2cc(C#CCCCCCN=C=S)cc(n2)C1. The van der Waals surface area contributed by atoms with Crippen molar-refractivity contribution in [2.75, 3.05) is 45.8 Å². The first-order chi connectivity index (χ1) is 16.0. The average Bonchev–Trinajstić information content (AvgIpc) is 2.73. The van der Waals surface area contributed by atoms with Gasteiger partial charge in [-0.2, -0.15) is 0 Å². The van der Waals surface area contributed by atoms with E-state index in [2.05, 4.69) is 44.5 Å². The zero-order valence-electron chi connectivity index (χ0n) is 18.7. The van der Waals surface area contributed by atoms with Gasteiger partial charge in [-0.05, 0) is 37.2 Å². The zero-order valence-corrected chi connectivity index (χ0v) is 19.5. The van der Waals surface area contributed by atoms with Crippen molar-refractivity contribution in [3.8, 4) is 11.8 Å². The van der Waals surface area contributed by atoms with E-state index in [9.17, 15) is 19.8 Å². The van der Waals surface area contributed by atoms with Gasteiger partial charge in [-0.25, -0.2) is 4.99 Å². The highest BCUT2D eigenvalue weighted by Crippen LogP contribution is 2.11. The number of isothiocyanates is 1. The van der Waals surface area contributed by atoms with Crippen LogP contribution in [-0.2, 0) is 22.7 Å². The number of carboxylic acids is 2. The summed E-state index contributed by atoms with van der Waals surface area (Å²) in [7, 11) is 0. The molecule has 0 saturated carbocycles. The van der Waals surface area contributed by atoms with Crippen LogP contribution in [0.15, 0.2) is 17.1 Å². The molecule has 10 heteroatoms. The van der Waals surface area contributed by atoms with Crippen LogP contribution in [0.4, 0.5) is 0 Å². The van der Waals surface area contributed by atoms with Gasteiger partial charge in [0.2, 0.25) is 0 Å². The van der Waals surface area contributed by atoms with E-state index >= 15 is 0 Å². The van der Waals surface area contributed by atoms with Crippen LogP contribution in [-0.4, -0.2) is 77.7 Å². The van der Waals surface area contributed by atoms with Crippen molar-refractivity contribution in [3.05, 3.63) is 29.1 Å². The first-order valence-electron chi connectivity index (χ1n) is 11.0. The van der Waals surface area contributed by atoms with Crippen LogP contribution in [0.1, 0.15) is 42.6 Å². The molecule has 0 aliphatic carbocycles. The Kier molecular flexibility index (Phi) is 12.3. The lowest BCUT2D eigenvalue weighted by Crippen LogP contribution is -2.44. The van der Waals surface area contributed by atoms with Crippen LogP contribution >= 0.6 is 12.2 Å². The molecule has 0 amide bonds. The molecule has 9 nitrogen and oxygen atoms in total. The molecule has 1 N–H and O–H groups in total. The summed E-state index contributed by atoms with van der Waals surface area (Å²) in [6.45, 7) is 3.08. The first-order valence-corrected chi connectivity index (χ1v) is 11.4. The van der Waals surface area contributed by atoms with Gasteiger partial charge in [-0.3, -0.25) is 14.8 Å². The van der Waals surface area contributed by atoms with Crippen LogP contribution in [0.3, 0.4) is 0 Å². The van der Waals surface area contributed by atoms with Crippen molar-refractivity contribution in [1.82, 2.24) is 20.1 Å². The molecule has 33 heavy (non-hydrogen) atoms. The van der Waals surface area contributed by atoms with E-state index in [0.717, 1.165) is 31.2 Å². The number of carbonyl (C=O) groups excluding carboxylic acids is 2. The number of thiocarbonyl (C=S) groups is 1. The lowest BCUT2D eigenvalue weighted by Gasteiger charge is -2.26. The van der Waals surface area contributed by atoms with Crippen molar-refractivity contribution in [1.29, 1.82) is 0 Å². The maximum absolute atomic E-state index is 11.2. The van der Waals surface area contributed by atoms with Gasteiger partial charge < -0.3 is 25.1 Å². The first kappa shape index (κ1) is 26.6. The number of aliphatic imine (C=N–C) groups is 1. The summed E-state index contributed by atoms with van der Waals surface area (Å²) in [5, 5.41) is 27.9. The number of rotatable bonds is 9. The molecule has 1 aliphatic rings. The molecule has 1 aromatic rings. The third kappa shape index (κ3) is 11.7. The monoisotopic (exact) mass is 471 g/mol. The average molecular weight is 472 g/mol. The van der Waals surface area contributed by atoms with Crippen LogP contribution in [0, 0.1) is 11.8 Å². The Morgan fingerprint density at radius 1 is 1.03 bits per heavy atom. The molecular weight excluding hydrogens is 442 g/mol. The number of pyridine rings is 1. The Labute approximate surface area is 199 Å². The molecule has 0 radical (unpaired) electrons. The number of fused-ring (bicyclic) bond motifs is 2. The number of aromatic nitrogens is 1. The normalized spacial score (nSPS) is 15.3. The van der Waals surface area contributed by atoms with Crippen molar-refractivity contribution >= 4 is 29.3 Å². The lowest BCUT2D eigenvalue weighted by molar-refractivity contribution is -0.307. The second kappa shape index (κ2) is 15.2. The maximum Gasteiger partial charge on any atom is 0.0584 e. The Morgan fingerprint density at radius 3 is 2.18 bits per heavy atom. The van der Waals surface area contributed by atoms with Gasteiger partial charge in [-0.15, -0.1) is 0 Å². The zero-order chi connectivity index (χ0) is 23.9. The molecule has 0 atom stereocenters. The summed E-state index contributed by atoms with van der Waals surface area (Å²) >= 11 is 4.55. The van der Waals surface area contributed by atoms with Gasteiger partial charge in [-0.1, -0.05) is 18.3 Å². The largest absolute Gasteiger partial charge is 0.549 e. The minimum absolute atomic E-state index is 0.196. The second-order valence-corrected chi connectivity index (χ2v) is 8.02. The van der Waals surface area contributed by atoms with Crippen molar-refractivity contribution in [2.45, 2.75) is 38.8 Å². The fourth-order valence-corrected chi connectivity index (χ4v) is 3.62. The summed E-state index contributed by atoms with van der Waals surface area (Å²) in [5.41, 5.74) is 2.15. The highest BCUT2D eigenvalue weighted by molar-refractivity contribution is 7.78. The maximum atomic E-state index is 11.2. The molecule has 2 heterocycles. The Morgan fingerprint density at radius 2 is 1.64 bits per heavy atom. The van der Waals surface area contributed by atoms with Gasteiger partial charge in [0.1, 0.15) is 0 Å². The molecule has 1 aliphatic heterocycles. The molecule has 0 saturated heterocycles. The molecule has 1 aromatic heterocycles. The van der Waals surface area contributed by atoms with E-state index in [4.69, 9.17) is 0 Å². The van der Waals surface area contributed by atoms with E-state index in [0.29, 0.717) is 57.2 Å². The third-order valence-corrected chi connectivity index (χ3v) is 5.12. The molecule has 0 fully saturated rings. The molecule has 0 unspecified atom stereocenters. The predicted octanol–water partition coefficient (Wildman–Crippen LogP) is -1.20. The summed E-state index contributed by atoms with van der Waals surface area (Å²) in [5.74, 6) is 4.06. The predicted molar refractivity (Wildman–Crippen MR) is 123 cm³/mol. The fourth-order valence-electron chi connectivity index (χ4n) is 3.53. The smallest absolute Gasteiger partial charge is 0.0584 e. The minimum atomic E-state index is -1.14. The highest BCUT2D eigenvalue weighted by Gasteiger charge is 2.13. The fraction of sp³-hybridized carbons (Fsp3) is 0.565. The van der Waals surface area contributed by atoms with E-state index in [1.807, 2.05) is 12.1 Å². The summed E-state index contributed by atoms with van der Waals surface area (Å²) in [4.78, 5) is 34.4. The van der Waals surface area contributed by atoms with Gasteiger partial charge in [0.25, 0.3) is 0 Å². The summed E-state index contributed by atoms with van der Waals surface area (Å²) in [6.07, 6.45) is 3.66. The minimum Gasteiger partial charge on any atom is -0.549 e. The number of nitrogens with one attached hydrogen (secondary N) is 1. The Balaban J connectivity index is 2.17. The topological polar surface area (TPSA) is 124 Å². The van der Waals surface area contributed by atoms with Crippen LogP contribution < -0.4 is 15.5 Å². The number of aliphatic carboxylic acids is 2. The van der Waals surface area contributed by atoms with Gasteiger partial charge in [0, 0.05) is 70.9 Å². The third-order valence-electron chi connectivity index (χ3n) is 4.99. The Bertz CT molecular complexity index is 862. The Hall–Kier alpha value is -2.67. The van der Waals surface area contributed by atoms with Gasteiger partial charge in [0.05, 0.1) is 28.5 Å². The molecule has 178 valence electrons. The van der Waals surface area contributed by atoms with E-state index in [1.54, 1.807) is 9.80 Å². The lowest BCUT2D eigenvalue weighted by atomic mass is 10.1. The van der Waals surface area contributed by atoms with E-state index in [1.165, 1.54) is 0 Å². The second-order valence-electron chi connectivity index (χ2n) is 7.84. The number of hydrogen-bond donors (Lipinski definition) is 1. The number of nitrogens with zero attached hydrogens (tertiary/aromatic N) is 4. The van der Waals surface area contributed by atoms with E-state index < -0.39 is 11.9 Å². The molecule has 2 bridgehead atoms. The van der Waals surface area contributed by atoms with Gasteiger partial charge in [0.15, 0.2) is 0 Å². The van der Waals surface area contributed by atoms with E-state index in [-0.39, 0.29) is 13.1 Å². The summed E-state index contributed by atoms with van der Waals surface area (Å²) < 4.78 is 0. The van der Waals surface area contributed by atoms with Gasteiger partial charge >= 0.3 is 0 Å². The number of unbranched alkanes of at least 4 members (excludes halogenated alkanes) is 3. The van der Waals surface area contributed by atoms with Crippen molar-refractivity contribution in [2.24, 2.45) is 4.99 Å². The summed E-state index contributed by atoms with van der Waals surface area (Å²) in [6, 6.07) is 3.71. The van der Waals surface area contributed by atoms with Crippen LogP contribution in [0.2, 0.25) is 0 Å². The molecule has 0 spiro atoms. The molecular formula is C23H29N5O4S-2. The quantitative estimate of drug-likeness (QED) is 0.205. The highest BCUT2D eigenvalue weighted by atomic mass is 32.1. The van der Waals surface area contributed by atoms with Crippen molar-refractivity contribution in [3.63, 3.8) is 0 Å². The van der Waals surface area contributed by atoms with Crippen LogP contribution in [0.5, 0.6) is 0 Å². The van der Waals surface area contributed by atoms with Crippen LogP contribution in [0.25, 0.3) is 0 Å². The number of carboxylic acid groups (broad SMARTS) is 2. The molecule has 2 rings (SSSR count). The van der Waals surface area contributed by atoms with Crippen molar-refractivity contribution < 1.29 is 19.8 Å². The number of hydrogen-bond acceptors (Lipinski definition) is 10. The number of carbonyl (C=O) groups is 2.